The highest BCUT2D eigenvalue weighted by molar-refractivity contribution is 5.96. The van der Waals surface area contributed by atoms with Crippen LogP contribution in [-0.4, -0.2) is 66.3 Å². The van der Waals surface area contributed by atoms with Gasteiger partial charge in [0.15, 0.2) is 5.96 Å². The van der Waals surface area contributed by atoms with Crippen molar-refractivity contribution in [3.8, 4) is 5.75 Å². The summed E-state index contributed by atoms with van der Waals surface area (Å²) >= 11 is 0. The smallest absolute Gasteiger partial charge is 0.343 e. The third-order valence-corrected chi connectivity index (χ3v) is 5.80. The number of amides is 2. The Kier molecular flexibility index (Phi) is 11.7. The average molecular weight is 573 g/mol. The van der Waals surface area contributed by atoms with Crippen LogP contribution < -0.4 is 21.1 Å². The van der Waals surface area contributed by atoms with E-state index in [1.165, 1.54) is 0 Å². The maximum absolute atomic E-state index is 12.9. The van der Waals surface area contributed by atoms with Crippen LogP contribution in [0.25, 0.3) is 0 Å². The van der Waals surface area contributed by atoms with Gasteiger partial charge in [0.2, 0.25) is 5.91 Å². The van der Waals surface area contributed by atoms with Gasteiger partial charge in [0.25, 0.3) is 5.91 Å². The minimum Gasteiger partial charge on any atom is -0.423 e. The van der Waals surface area contributed by atoms with Gasteiger partial charge in [-0.15, -0.1) is 24.8 Å². The van der Waals surface area contributed by atoms with Gasteiger partial charge in [-0.25, -0.2) is 4.79 Å². The highest BCUT2D eigenvalue weighted by atomic mass is 35.5. The number of ether oxygens (including phenoxy) is 1. The van der Waals surface area contributed by atoms with Gasteiger partial charge in [-0.2, -0.15) is 0 Å². The molecule has 1 fully saturated rings. The fraction of sp³-hybridized carbons (Fsp3) is 0.185. The standard InChI is InChI=1S/C27H28N6O4.2ClH/c28-27(29)31-22-10-6-20(7-11-22)26(36)37-23-12-8-19(9-13-23)25(35)33-16-14-32(15-17-33)18-24(34)30-21-4-2-1-3-5-21;;/h1-13H,14-18H2,(H,30,34)(H4,28,29,31);2*1H. The van der Waals surface area contributed by atoms with Gasteiger partial charge in [0.1, 0.15) is 5.75 Å². The van der Waals surface area contributed by atoms with E-state index >= 15 is 0 Å². The predicted molar refractivity (Wildman–Crippen MR) is 155 cm³/mol. The number of anilines is 2. The Morgan fingerprint density at radius 3 is 1.92 bits per heavy atom. The molecule has 12 heteroatoms. The number of para-hydroxylation sites is 1. The van der Waals surface area contributed by atoms with E-state index in [0.717, 1.165) is 5.69 Å². The highest BCUT2D eigenvalue weighted by Crippen LogP contribution is 2.18. The SMILES string of the molecule is Cl.Cl.N=C(N)Nc1ccc(C(=O)Oc2ccc(C(=O)N3CCN(CC(=O)Nc4ccccc4)CC3)cc2)cc1. The average Bonchev–Trinajstić information content (AvgIpc) is 2.90. The first-order valence-corrected chi connectivity index (χ1v) is 11.8. The zero-order chi connectivity index (χ0) is 26.2. The summed E-state index contributed by atoms with van der Waals surface area (Å²) in [5.41, 5.74) is 7.47. The number of esters is 1. The van der Waals surface area contributed by atoms with Crippen molar-refractivity contribution in [2.24, 2.45) is 5.73 Å². The summed E-state index contributed by atoms with van der Waals surface area (Å²) in [7, 11) is 0. The van der Waals surface area contributed by atoms with E-state index in [1.54, 1.807) is 53.4 Å². The van der Waals surface area contributed by atoms with Crippen LogP contribution in [0.4, 0.5) is 11.4 Å². The number of hydrogen-bond acceptors (Lipinski definition) is 6. The number of hydrogen-bond donors (Lipinski definition) is 4. The Hall–Kier alpha value is -4.12. The molecule has 1 aliphatic heterocycles. The summed E-state index contributed by atoms with van der Waals surface area (Å²) < 4.78 is 5.40. The number of benzene rings is 3. The molecule has 0 aliphatic carbocycles. The molecule has 0 saturated carbocycles. The third kappa shape index (κ3) is 8.99. The van der Waals surface area contributed by atoms with Crippen LogP contribution in [0.3, 0.4) is 0 Å². The molecule has 0 bridgehead atoms. The van der Waals surface area contributed by atoms with Crippen molar-refractivity contribution in [3.05, 3.63) is 90.0 Å². The zero-order valence-corrected chi connectivity index (χ0v) is 22.6. The predicted octanol–water partition coefficient (Wildman–Crippen LogP) is 3.45. The van der Waals surface area contributed by atoms with E-state index < -0.39 is 5.97 Å². The van der Waals surface area contributed by atoms with Crippen molar-refractivity contribution >= 4 is 59.9 Å². The summed E-state index contributed by atoms with van der Waals surface area (Å²) in [6.45, 7) is 2.51. The molecular weight excluding hydrogens is 543 g/mol. The molecule has 10 nitrogen and oxygen atoms in total. The molecule has 1 saturated heterocycles. The highest BCUT2D eigenvalue weighted by Gasteiger charge is 2.23. The number of piperazine rings is 1. The van der Waals surface area contributed by atoms with Crippen molar-refractivity contribution in [2.45, 2.75) is 0 Å². The Morgan fingerprint density at radius 1 is 0.769 bits per heavy atom. The number of carbonyl (C=O) groups excluding carboxylic acids is 3. The Bertz CT molecular complexity index is 1270. The van der Waals surface area contributed by atoms with Gasteiger partial charge >= 0.3 is 5.97 Å². The van der Waals surface area contributed by atoms with Gasteiger partial charge < -0.3 is 26.0 Å². The molecule has 0 unspecified atom stereocenters. The zero-order valence-electron chi connectivity index (χ0n) is 21.0. The summed E-state index contributed by atoms with van der Waals surface area (Å²) in [5.74, 6) is -0.611. The monoisotopic (exact) mass is 572 g/mol. The van der Waals surface area contributed by atoms with E-state index in [1.807, 2.05) is 35.2 Å². The summed E-state index contributed by atoms with van der Waals surface area (Å²) in [4.78, 5) is 41.4. The molecule has 3 aromatic carbocycles. The minimum atomic E-state index is -0.541. The Balaban J connectivity index is 0.00000267. The number of guanidine groups is 1. The van der Waals surface area contributed by atoms with Gasteiger partial charge in [-0.05, 0) is 60.7 Å². The lowest BCUT2D eigenvalue weighted by molar-refractivity contribution is -0.117. The van der Waals surface area contributed by atoms with Crippen LogP contribution in [-0.2, 0) is 4.79 Å². The maximum atomic E-state index is 12.9. The van der Waals surface area contributed by atoms with Crippen LogP contribution in [0.2, 0.25) is 0 Å². The Morgan fingerprint density at radius 2 is 1.33 bits per heavy atom. The van der Waals surface area contributed by atoms with E-state index in [-0.39, 0.29) is 49.1 Å². The van der Waals surface area contributed by atoms with Crippen molar-refractivity contribution in [1.82, 2.24) is 9.80 Å². The lowest BCUT2D eigenvalue weighted by Crippen LogP contribution is -2.50. The van der Waals surface area contributed by atoms with Crippen molar-refractivity contribution < 1.29 is 19.1 Å². The molecule has 2 amide bonds. The van der Waals surface area contributed by atoms with Gasteiger partial charge in [0, 0.05) is 43.1 Å². The molecule has 39 heavy (non-hydrogen) atoms. The van der Waals surface area contributed by atoms with Crippen LogP contribution >= 0.6 is 24.8 Å². The normalized spacial score (nSPS) is 12.8. The molecule has 0 spiro atoms. The fourth-order valence-electron chi connectivity index (χ4n) is 3.89. The molecule has 3 aromatic rings. The second kappa shape index (κ2) is 14.7. The largest absolute Gasteiger partial charge is 0.423 e. The Labute approximate surface area is 238 Å². The van der Waals surface area contributed by atoms with Crippen LogP contribution in [0.1, 0.15) is 20.7 Å². The molecule has 0 radical (unpaired) electrons. The first-order chi connectivity index (χ1) is 17.9. The van der Waals surface area contributed by atoms with Gasteiger partial charge in [0.05, 0.1) is 12.1 Å². The molecule has 5 N–H and O–H groups in total. The lowest BCUT2D eigenvalue weighted by atomic mass is 10.1. The molecule has 206 valence electrons. The van der Waals surface area contributed by atoms with Crippen LogP contribution in [0, 0.1) is 5.41 Å². The number of nitrogens with two attached hydrogens (primary N) is 1. The van der Waals surface area contributed by atoms with E-state index in [9.17, 15) is 14.4 Å². The van der Waals surface area contributed by atoms with Crippen molar-refractivity contribution in [1.29, 1.82) is 5.41 Å². The summed E-state index contributed by atoms with van der Waals surface area (Å²) in [6, 6.07) is 22.1. The van der Waals surface area contributed by atoms with E-state index in [2.05, 4.69) is 10.6 Å². The first kappa shape index (κ1) is 31.1. The minimum absolute atomic E-state index is 0. The van der Waals surface area contributed by atoms with E-state index in [0.29, 0.717) is 48.7 Å². The molecular formula is C27H30Cl2N6O4. The number of nitrogens with one attached hydrogen (secondary N) is 3. The lowest BCUT2D eigenvalue weighted by Gasteiger charge is -2.34. The van der Waals surface area contributed by atoms with Crippen molar-refractivity contribution in [3.63, 3.8) is 0 Å². The first-order valence-electron chi connectivity index (χ1n) is 11.8. The topological polar surface area (TPSA) is 141 Å². The van der Waals surface area contributed by atoms with Crippen LogP contribution in [0.15, 0.2) is 78.9 Å². The molecule has 1 aliphatic rings. The van der Waals surface area contributed by atoms with Gasteiger partial charge in [-0.3, -0.25) is 19.9 Å². The summed E-state index contributed by atoms with van der Waals surface area (Å²) in [5, 5.41) is 12.7. The van der Waals surface area contributed by atoms with E-state index in [4.69, 9.17) is 15.9 Å². The quantitative estimate of drug-likeness (QED) is 0.147. The molecule has 0 atom stereocenters. The number of halogens is 2. The van der Waals surface area contributed by atoms with Crippen molar-refractivity contribution in [2.75, 3.05) is 43.4 Å². The van der Waals surface area contributed by atoms with Crippen LogP contribution in [0.5, 0.6) is 5.75 Å². The number of nitrogens with zero attached hydrogens (tertiary/aromatic N) is 2. The molecule has 1 heterocycles. The fourth-order valence-corrected chi connectivity index (χ4v) is 3.89. The van der Waals surface area contributed by atoms with Gasteiger partial charge in [-0.1, -0.05) is 18.2 Å². The second-order valence-corrected chi connectivity index (χ2v) is 8.51. The molecule has 4 rings (SSSR count). The third-order valence-electron chi connectivity index (χ3n) is 5.80. The molecule has 0 aromatic heterocycles. The summed E-state index contributed by atoms with van der Waals surface area (Å²) in [6.07, 6.45) is 0. The number of rotatable bonds is 7. The second-order valence-electron chi connectivity index (χ2n) is 8.51. The maximum Gasteiger partial charge on any atom is 0.343 e. The number of carbonyl (C=O) groups is 3.